The number of nitrogens with zero attached hydrogens (tertiary/aromatic N) is 1. The molecule has 0 aromatic carbocycles. The van der Waals surface area contributed by atoms with Crippen LogP contribution >= 0.6 is 0 Å². The molecule has 0 atom stereocenters. The molecule has 0 saturated carbocycles. The van der Waals surface area contributed by atoms with Gasteiger partial charge in [0, 0.05) is 19.8 Å². The van der Waals surface area contributed by atoms with Gasteiger partial charge in [-0.3, -0.25) is 4.99 Å². The zero-order chi connectivity index (χ0) is 13.1. The molecule has 0 heterocycles. The monoisotopic (exact) mass is 225 g/mol. The second-order valence-corrected chi connectivity index (χ2v) is 3.47. The van der Waals surface area contributed by atoms with E-state index >= 15 is 0 Å². The van der Waals surface area contributed by atoms with Gasteiger partial charge in [0.25, 0.3) is 0 Å². The fourth-order valence-corrected chi connectivity index (χ4v) is 1.18. The second-order valence-electron chi connectivity index (χ2n) is 3.47. The molecule has 0 amide bonds. The van der Waals surface area contributed by atoms with Crippen LogP contribution in [0.25, 0.3) is 0 Å². The first kappa shape index (κ1) is 17.3. The van der Waals surface area contributed by atoms with Crippen LogP contribution in [0.5, 0.6) is 0 Å². The fraction of sp³-hybridized carbons (Fsp3) is 0.692. The van der Waals surface area contributed by atoms with Crippen molar-refractivity contribution in [1.29, 1.82) is 5.41 Å². The molecule has 0 aliphatic rings. The van der Waals surface area contributed by atoms with E-state index < -0.39 is 0 Å². The largest absolute Gasteiger partial charge is 0.386 e. The zero-order valence-electron chi connectivity index (χ0n) is 11.8. The second kappa shape index (κ2) is 10.4. The molecule has 0 unspecified atom stereocenters. The summed E-state index contributed by atoms with van der Waals surface area (Å²) in [4.78, 5) is 4.27. The maximum atomic E-state index is 7.30. The summed E-state index contributed by atoms with van der Waals surface area (Å²) in [5.41, 5.74) is 2.96. The summed E-state index contributed by atoms with van der Waals surface area (Å²) in [6.45, 7) is 13.0. The third-order valence-electron chi connectivity index (χ3n) is 2.23. The zero-order valence-corrected chi connectivity index (χ0v) is 11.8. The van der Waals surface area contributed by atoms with Gasteiger partial charge in [-0.25, -0.2) is 0 Å². The van der Waals surface area contributed by atoms with Crippen molar-refractivity contribution < 1.29 is 0 Å². The van der Waals surface area contributed by atoms with Crippen LogP contribution in [-0.2, 0) is 0 Å². The fourth-order valence-electron chi connectivity index (χ4n) is 1.18. The molecule has 0 fully saturated rings. The lowest BCUT2D eigenvalue weighted by atomic mass is 10.0. The van der Waals surface area contributed by atoms with E-state index in [-0.39, 0.29) is 0 Å². The lowest BCUT2D eigenvalue weighted by Crippen LogP contribution is -2.21. The van der Waals surface area contributed by atoms with Gasteiger partial charge in [0.2, 0.25) is 0 Å². The van der Waals surface area contributed by atoms with Gasteiger partial charge >= 0.3 is 0 Å². The van der Waals surface area contributed by atoms with Gasteiger partial charge in [-0.1, -0.05) is 27.7 Å². The van der Waals surface area contributed by atoms with Crippen LogP contribution in [0.3, 0.4) is 0 Å². The van der Waals surface area contributed by atoms with E-state index in [1.54, 1.807) is 0 Å². The maximum Gasteiger partial charge on any atom is 0.0980 e. The van der Waals surface area contributed by atoms with Crippen molar-refractivity contribution in [2.75, 3.05) is 13.6 Å². The first-order valence-corrected chi connectivity index (χ1v) is 6.02. The quantitative estimate of drug-likeness (QED) is 0.693. The summed E-state index contributed by atoms with van der Waals surface area (Å²) < 4.78 is 0. The topological polar surface area (TPSA) is 48.2 Å². The minimum atomic E-state index is 0.472. The highest BCUT2D eigenvalue weighted by Crippen LogP contribution is 2.12. The predicted octanol–water partition coefficient (Wildman–Crippen LogP) is 3.27. The van der Waals surface area contributed by atoms with Crippen LogP contribution in [0, 0.1) is 11.3 Å². The molecule has 16 heavy (non-hydrogen) atoms. The van der Waals surface area contributed by atoms with Crippen molar-refractivity contribution in [2.24, 2.45) is 10.9 Å². The Morgan fingerprint density at radius 3 is 2.12 bits per heavy atom. The van der Waals surface area contributed by atoms with Crippen LogP contribution < -0.4 is 5.32 Å². The van der Waals surface area contributed by atoms with E-state index in [0.717, 1.165) is 11.4 Å². The Morgan fingerprint density at radius 1 is 1.38 bits per heavy atom. The molecule has 0 rings (SSSR count). The average Bonchev–Trinajstić information content (AvgIpc) is 2.31. The Balaban J connectivity index is 0. The molecule has 3 nitrogen and oxygen atoms in total. The molecule has 3 heteroatoms. The summed E-state index contributed by atoms with van der Waals surface area (Å²) >= 11 is 0. The van der Waals surface area contributed by atoms with Gasteiger partial charge < -0.3 is 10.7 Å². The Kier molecular flexibility index (Phi) is 11.2. The third-order valence-corrected chi connectivity index (χ3v) is 2.23. The minimum absolute atomic E-state index is 0.472. The summed E-state index contributed by atoms with van der Waals surface area (Å²) in [5, 5.41) is 10.4. The lowest BCUT2D eigenvalue weighted by molar-refractivity contribution is 0.750. The van der Waals surface area contributed by atoms with E-state index in [2.05, 4.69) is 31.1 Å². The first-order chi connectivity index (χ1) is 7.58. The molecule has 0 aliphatic heterocycles. The summed E-state index contributed by atoms with van der Waals surface area (Å²) in [5.74, 6) is 0.472. The number of allylic oxidation sites excluding steroid dienone is 2. The van der Waals surface area contributed by atoms with Gasteiger partial charge in [0.15, 0.2) is 0 Å². The molecule has 94 valence electrons. The van der Waals surface area contributed by atoms with Crippen molar-refractivity contribution in [3.8, 4) is 0 Å². The molecule has 0 spiro atoms. The average molecular weight is 225 g/mol. The van der Waals surface area contributed by atoms with Gasteiger partial charge in [-0.15, -0.1) is 0 Å². The number of hydrogen-bond donors (Lipinski definition) is 2. The van der Waals surface area contributed by atoms with Crippen molar-refractivity contribution >= 4 is 11.9 Å². The van der Waals surface area contributed by atoms with Crippen molar-refractivity contribution in [3.05, 3.63) is 11.3 Å². The van der Waals surface area contributed by atoms with Gasteiger partial charge in [-0.2, -0.15) is 0 Å². The van der Waals surface area contributed by atoms with E-state index in [1.807, 2.05) is 27.8 Å². The smallest absolute Gasteiger partial charge is 0.0980 e. The first-order valence-electron chi connectivity index (χ1n) is 6.02. The van der Waals surface area contributed by atoms with Crippen LogP contribution in [0.2, 0.25) is 0 Å². The molecule has 0 bridgehead atoms. The van der Waals surface area contributed by atoms with Crippen molar-refractivity contribution in [1.82, 2.24) is 5.32 Å². The Labute approximate surface area is 101 Å². The van der Waals surface area contributed by atoms with Gasteiger partial charge in [0.05, 0.1) is 11.4 Å². The van der Waals surface area contributed by atoms with Crippen molar-refractivity contribution in [2.45, 2.75) is 41.5 Å². The Morgan fingerprint density at radius 2 is 1.88 bits per heavy atom. The molecule has 0 radical (unpaired) electrons. The number of aliphatic imine (C=N–C) groups is 1. The standard InChI is InChI=1S/C11H21N3.C2H6/c1-6-14-10(7-12)11(13-5)9(4)8(2)3;1-2/h7-8,12-13H,6H2,1-5H3;1-2H3/b11-9-,12-7?,14-10?;. The predicted molar refractivity (Wildman–Crippen MR) is 74.7 cm³/mol. The Bertz CT molecular complexity index is 250. The maximum absolute atomic E-state index is 7.30. The molecular weight excluding hydrogens is 198 g/mol. The lowest BCUT2D eigenvalue weighted by Gasteiger charge is -2.14. The van der Waals surface area contributed by atoms with E-state index in [9.17, 15) is 0 Å². The molecule has 0 aromatic heterocycles. The van der Waals surface area contributed by atoms with Crippen LogP contribution in [0.4, 0.5) is 0 Å². The normalized spacial score (nSPS) is 12.6. The van der Waals surface area contributed by atoms with E-state index in [4.69, 9.17) is 5.41 Å². The van der Waals surface area contributed by atoms with Gasteiger partial charge in [0.1, 0.15) is 0 Å². The highest BCUT2D eigenvalue weighted by atomic mass is 14.9. The molecule has 0 saturated heterocycles. The highest BCUT2D eigenvalue weighted by molar-refractivity contribution is 6.37. The van der Waals surface area contributed by atoms with Crippen LogP contribution in [0.15, 0.2) is 16.3 Å². The van der Waals surface area contributed by atoms with Crippen molar-refractivity contribution in [3.63, 3.8) is 0 Å². The van der Waals surface area contributed by atoms with E-state index in [0.29, 0.717) is 12.5 Å². The molecule has 2 N–H and O–H groups in total. The summed E-state index contributed by atoms with van der Waals surface area (Å²) in [6.07, 6.45) is 1.31. The van der Waals surface area contributed by atoms with Gasteiger partial charge in [-0.05, 0) is 25.3 Å². The number of hydrogen-bond acceptors (Lipinski definition) is 3. The summed E-state index contributed by atoms with van der Waals surface area (Å²) in [7, 11) is 1.87. The van der Waals surface area contributed by atoms with Crippen LogP contribution in [-0.4, -0.2) is 25.5 Å². The molecule has 0 aliphatic carbocycles. The minimum Gasteiger partial charge on any atom is -0.386 e. The SMILES string of the molecule is CC.CCN=C(C=N)/C(NC)=C(\C)C(C)C. The number of nitrogens with one attached hydrogen (secondary N) is 2. The number of rotatable bonds is 5. The van der Waals surface area contributed by atoms with E-state index in [1.165, 1.54) is 11.8 Å². The summed E-state index contributed by atoms with van der Waals surface area (Å²) in [6, 6.07) is 0. The molecular formula is C13H27N3. The highest BCUT2D eigenvalue weighted by Gasteiger charge is 2.08. The third kappa shape index (κ3) is 5.69. The van der Waals surface area contributed by atoms with Crippen LogP contribution in [0.1, 0.15) is 41.5 Å². The molecule has 0 aromatic rings. The Hall–Kier alpha value is -1.12.